The SMILES string of the molecule is CCOCCCn1c(SCC(=O)NCC(=O)N(C)C)nc2ccccc2c1=O. The highest BCUT2D eigenvalue weighted by Gasteiger charge is 2.14. The summed E-state index contributed by atoms with van der Waals surface area (Å²) in [6.45, 7) is 3.49. The predicted octanol–water partition coefficient (Wildman–Crippen LogP) is 1.12. The van der Waals surface area contributed by atoms with E-state index in [1.807, 2.05) is 13.0 Å². The molecule has 0 aliphatic carbocycles. The third-order valence-corrected chi connectivity index (χ3v) is 4.95. The van der Waals surface area contributed by atoms with Crippen molar-refractivity contribution in [3.8, 4) is 0 Å². The number of benzene rings is 1. The van der Waals surface area contributed by atoms with E-state index in [2.05, 4.69) is 10.3 Å². The van der Waals surface area contributed by atoms with Gasteiger partial charge in [-0.15, -0.1) is 0 Å². The molecule has 0 spiro atoms. The van der Waals surface area contributed by atoms with E-state index in [0.717, 1.165) is 0 Å². The van der Waals surface area contributed by atoms with Gasteiger partial charge in [0.15, 0.2) is 5.16 Å². The summed E-state index contributed by atoms with van der Waals surface area (Å²) >= 11 is 1.18. The molecule has 1 aromatic heterocycles. The topological polar surface area (TPSA) is 93.5 Å². The van der Waals surface area contributed by atoms with Crippen molar-refractivity contribution in [2.45, 2.75) is 25.0 Å². The summed E-state index contributed by atoms with van der Waals surface area (Å²) in [5.41, 5.74) is 0.465. The highest BCUT2D eigenvalue weighted by Crippen LogP contribution is 2.18. The van der Waals surface area contributed by atoms with Crippen LogP contribution in [0.25, 0.3) is 10.9 Å². The second-order valence-corrected chi connectivity index (χ2v) is 7.21. The molecule has 28 heavy (non-hydrogen) atoms. The van der Waals surface area contributed by atoms with Gasteiger partial charge >= 0.3 is 0 Å². The summed E-state index contributed by atoms with van der Waals surface area (Å²) in [6.07, 6.45) is 0.671. The van der Waals surface area contributed by atoms with Gasteiger partial charge in [0.1, 0.15) is 0 Å². The van der Waals surface area contributed by atoms with Crippen molar-refractivity contribution in [2.75, 3.05) is 39.6 Å². The Hall–Kier alpha value is -2.39. The van der Waals surface area contributed by atoms with Gasteiger partial charge in [-0.25, -0.2) is 4.98 Å². The molecule has 0 aliphatic heterocycles. The predicted molar refractivity (Wildman–Crippen MR) is 110 cm³/mol. The van der Waals surface area contributed by atoms with Crippen molar-refractivity contribution in [2.24, 2.45) is 0 Å². The lowest BCUT2D eigenvalue weighted by Gasteiger charge is -2.13. The largest absolute Gasteiger partial charge is 0.382 e. The zero-order valence-corrected chi connectivity index (χ0v) is 17.3. The molecule has 0 fully saturated rings. The molecule has 2 amide bonds. The van der Waals surface area contributed by atoms with Crippen LogP contribution >= 0.6 is 11.8 Å². The number of nitrogens with zero attached hydrogens (tertiary/aromatic N) is 3. The van der Waals surface area contributed by atoms with Gasteiger partial charge in [0.2, 0.25) is 11.8 Å². The van der Waals surface area contributed by atoms with E-state index >= 15 is 0 Å². The van der Waals surface area contributed by atoms with E-state index in [-0.39, 0.29) is 29.7 Å². The molecule has 1 heterocycles. The molecule has 1 N–H and O–H groups in total. The van der Waals surface area contributed by atoms with Gasteiger partial charge in [-0.1, -0.05) is 23.9 Å². The smallest absolute Gasteiger partial charge is 0.262 e. The second-order valence-electron chi connectivity index (χ2n) is 6.27. The van der Waals surface area contributed by atoms with Crippen molar-refractivity contribution in [3.63, 3.8) is 0 Å². The Labute approximate surface area is 168 Å². The van der Waals surface area contributed by atoms with Crippen molar-refractivity contribution < 1.29 is 14.3 Å². The number of carbonyl (C=O) groups excluding carboxylic acids is 2. The molecule has 1 aromatic carbocycles. The van der Waals surface area contributed by atoms with Crippen LogP contribution in [0.5, 0.6) is 0 Å². The third-order valence-electron chi connectivity index (χ3n) is 3.97. The fourth-order valence-corrected chi connectivity index (χ4v) is 3.29. The van der Waals surface area contributed by atoms with Crippen LogP contribution in [0.3, 0.4) is 0 Å². The lowest BCUT2D eigenvalue weighted by molar-refractivity contribution is -0.130. The number of amides is 2. The minimum atomic E-state index is -0.288. The molecular weight excluding hydrogens is 380 g/mol. The molecule has 0 atom stereocenters. The lowest BCUT2D eigenvalue weighted by atomic mass is 10.2. The number of aromatic nitrogens is 2. The van der Waals surface area contributed by atoms with E-state index in [1.54, 1.807) is 36.9 Å². The molecule has 0 bridgehead atoms. The van der Waals surface area contributed by atoms with Crippen LogP contribution in [0.15, 0.2) is 34.2 Å². The summed E-state index contributed by atoms with van der Waals surface area (Å²) in [7, 11) is 3.26. The van der Waals surface area contributed by atoms with Gasteiger partial charge in [0.25, 0.3) is 5.56 Å². The van der Waals surface area contributed by atoms with Gasteiger partial charge < -0.3 is 15.0 Å². The highest BCUT2D eigenvalue weighted by atomic mass is 32.2. The van der Waals surface area contributed by atoms with Crippen LogP contribution in [-0.4, -0.2) is 65.9 Å². The van der Waals surface area contributed by atoms with Gasteiger partial charge in [0.05, 0.1) is 23.2 Å². The van der Waals surface area contributed by atoms with E-state index in [4.69, 9.17) is 4.74 Å². The van der Waals surface area contributed by atoms with Crippen LogP contribution in [0.1, 0.15) is 13.3 Å². The first-order valence-corrected chi connectivity index (χ1v) is 10.1. The number of para-hydroxylation sites is 1. The Kier molecular flexibility index (Phi) is 8.46. The third kappa shape index (κ3) is 6.07. The van der Waals surface area contributed by atoms with Crippen LogP contribution in [0, 0.1) is 0 Å². The van der Waals surface area contributed by atoms with Crippen LogP contribution in [-0.2, 0) is 20.9 Å². The molecule has 2 rings (SSSR count). The Balaban J connectivity index is 2.13. The number of hydrogen-bond donors (Lipinski definition) is 1. The first kappa shape index (κ1) is 21.9. The van der Waals surface area contributed by atoms with Gasteiger partial charge in [-0.05, 0) is 25.5 Å². The van der Waals surface area contributed by atoms with E-state index in [1.165, 1.54) is 16.7 Å². The number of thioether (sulfide) groups is 1. The average Bonchev–Trinajstić information content (AvgIpc) is 2.69. The molecule has 2 aromatic rings. The van der Waals surface area contributed by atoms with E-state index in [9.17, 15) is 14.4 Å². The number of likely N-dealkylation sites (N-methyl/N-ethyl adjacent to an activating group) is 1. The number of rotatable bonds is 10. The van der Waals surface area contributed by atoms with Crippen molar-refractivity contribution in [1.82, 2.24) is 19.8 Å². The van der Waals surface area contributed by atoms with Crippen molar-refractivity contribution in [3.05, 3.63) is 34.6 Å². The monoisotopic (exact) mass is 406 g/mol. The Morgan fingerprint density at radius 3 is 2.75 bits per heavy atom. The van der Waals surface area contributed by atoms with Crippen LogP contribution in [0.2, 0.25) is 0 Å². The minimum absolute atomic E-state index is 0.0568. The normalized spacial score (nSPS) is 10.8. The summed E-state index contributed by atoms with van der Waals surface area (Å²) in [4.78, 5) is 42.5. The first-order valence-electron chi connectivity index (χ1n) is 9.11. The Morgan fingerprint density at radius 2 is 2.04 bits per heavy atom. The molecule has 0 saturated heterocycles. The standard InChI is InChI=1S/C19H26N4O4S/c1-4-27-11-7-10-23-18(26)14-8-5-6-9-15(14)21-19(23)28-13-16(24)20-12-17(25)22(2)3/h5-6,8-9H,4,7,10-13H2,1-3H3,(H,20,24). The Morgan fingerprint density at radius 1 is 1.29 bits per heavy atom. The second kappa shape index (κ2) is 10.8. The fraction of sp³-hybridized carbons (Fsp3) is 0.474. The molecular formula is C19H26N4O4S. The zero-order valence-electron chi connectivity index (χ0n) is 16.4. The highest BCUT2D eigenvalue weighted by molar-refractivity contribution is 7.99. The molecule has 9 heteroatoms. The summed E-state index contributed by atoms with van der Waals surface area (Å²) in [5, 5.41) is 3.61. The summed E-state index contributed by atoms with van der Waals surface area (Å²) < 4.78 is 6.94. The molecule has 0 aliphatic rings. The van der Waals surface area contributed by atoms with Crippen LogP contribution < -0.4 is 10.9 Å². The van der Waals surface area contributed by atoms with E-state index < -0.39 is 0 Å². The first-order chi connectivity index (χ1) is 13.4. The zero-order chi connectivity index (χ0) is 20.5. The summed E-state index contributed by atoms with van der Waals surface area (Å²) in [6, 6.07) is 7.15. The quantitative estimate of drug-likeness (QED) is 0.361. The van der Waals surface area contributed by atoms with Crippen LogP contribution in [0.4, 0.5) is 0 Å². The number of nitrogens with one attached hydrogen (secondary N) is 1. The number of ether oxygens (including phenoxy) is 1. The van der Waals surface area contributed by atoms with Gasteiger partial charge in [0, 0.05) is 33.9 Å². The maximum absolute atomic E-state index is 12.9. The van der Waals surface area contributed by atoms with E-state index in [0.29, 0.717) is 42.2 Å². The Bertz CT molecular complexity index is 882. The molecule has 152 valence electrons. The molecule has 0 radical (unpaired) electrons. The van der Waals surface area contributed by atoms with Gasteiger partial charge in [-0.3, -0.25) is 19.0 Å². The number of hydrogen-bond acceptors (Lipinski definition) is 6. The van der Waals surface area contributed by atoms with Gasteiger partial charge in [-0.2, -0.15) is 0 Å². The molecule has 8 nitrogen and oxygen atoms in total. The van der Waals surface area contributed by atoms with Crippen molar-refractivity contribution in [1.29, 1.82) is 0 Å². The number of carbonyl (C=O) groups is 2. The van der Waals surface area contributed by atoms with Crippen molar-refractivity contribution >= 4 is 34.5 Å². The molecule has 0 unspecified atom stereocenters. The summed E-state index contributed by atoms with van der Waals surface area (Å²) in [5.74, 6) is -0.407. The molecule has 0 saturated carbocycles. The number of fused-ring (bicyclic) bond motifs is 1. The average molecular weight is 407 g/mol. The maximum atomic E-state index is 12.9. The lowest BCUT2D eigenvalue weighted by Crippen LogP contribution is -2.37. The fourth-order valence-electron chi connectivity index (χ4n) is 2.44. The minimum Gasteiger partial charge on any atom is -0.382 e. The maximum Gasteiger partial charge on any atom is 0.262 e.